The Morgan fingerprint density at radius 3 is 2.41 bits per heavy atom. The summed E-state index contributed by atoms with van der Waals surface area (Å²) in [5.41, 5.74) is 2.58. The van der Waals surface area contributed by atoms with Gasteiger partial charge in [0, 0.05) is 37.5 Å². The van der Waals surface area contributed by atoms with Crippen LogP contribution in [0.2, 0.25) is 0 Å². The molecule has 1 aromatic carbocycles. The summed E-state index contributed by atoms with van der Waals surface area (Å²) >= 11 is 0.403. The molecule has 0 aromatic heterocycles. The van der Waals surface area contributed by atoms with Crippen LogP contribution in [0, 0.1) is 11.3 Å². The van der Waals surface area contributed by atoms with Crippen LogP contribution >= 0.6 is 12.1 Å². The second-order valence-electron chi connectivity index (χ2n) is 8.39. The van der Waals surface area contributed by atoms with Crippen molar-refractivity contribution in [2.75, 3.05) is 33.1 Å². The van der Waals surface area contributed by atoms with Gasteiger partial charge in [-0.05, 0) is 60.8 Å². The number of aliphatic hydroxyl groups is 1. The molecule has 0 saturated carbocycles. The molecule has 0 fully saturated rings. The molecule has 0 radical (unpaired) electrons. The number of hydrogen-bond donors (Lipinski definition) is 1. The number of halogens is 1. The molecule has 0 bridgehead atoms. The number of benzene rings is 1. The first-order valence-electron chi connectivity index (χ1n) is 9.67. The van der Waals surface area contributed by atoms with Crippen LogP contribution in [0.3, 0.4) is 0 Å². The van der Waals surface area contributed by atoms with E-state index in [0.717, 1.165) is 50.4 Å². The Labute approximate surface area is 167 Å². The topological polar surface area (TPSA) is 41.9 Å². The zero-order valence-corrected chi connectivity index (χ0v) is 18.1. The van der Waals surface area contributed by atoms with Crippen LogP contribution in [-0.4, -0.2) is 49.2 Å². The lowest BCUT2D eigenvalue weighted by atomic mass is 9.78. The first kappa shape index (κ1) is 22.3. The zero-order valence-electron chi connectivity index (χ0n) is 17.3. The summed E-state index contributed by atoms with van der Waals surface area (Å²) in [7, 11) is 3.32. The number of hydrogen-bond acceptors (Lipinski definition) is 5. The highest BCUT2D eigenvalue weighted by molar-refractivity contribution is 7.94. The van der Waals surface area contributed by atoms with E-state index < -0.39 is 0 Å². The number of rotatable bonds is 10. The summed E-state index contributed by atoms with van der Waals surface area (Å²) in [5, 5.41) is 10.3. The molecule has 1 heterocycles. The van der Waals surface area contributed by atoms with Gasteiger partial charge in [-0.1, -0.05) is 13.8 Å². The Bertz CT molecular complexity index is 609. The predicted octanol–water partition coefficient (Wildman–Crippen LogP) is 4.48. The van der Waals surface area contributed by atoms with Gasteiger partial charge in [-0.15, -0.1) is 0 Å². The highest BCUT2D eigenvalue weighted by atomic mass is 32.2. The maximum Gasteiger partial charge on any atom is 0.161 e. The maximum atomic E-state index is 12.5. The lowest BCUT2D eigenvalue weighted by Crippen LogP contribution is -2.39. The first-order chi connectivity index (χ1) is 12.8. The molecule has 6 heteroatoms. The molecule has 1 aliphatic rings. The molecule has 4 nitrogen and oxygen atoms in total. The van der Waals surface area contributed by atoms with E-state index in [1.165, 1.54) is 11.1 Å². The molecule has 1 aromatic rings. The van der Waals surface area contributed by atoms with Gasteiger partial charge in [-0.3, -0.25) is 4.90 Å². The van der Waals surface area contributed by atoms with Gasteiger partial charge in [0.2, 0.25) is 0 Å². The highest BCUT2D eigenvalue weighted by Gasteiger charge is 2.29. The Morgan fingerprint density at radius 1 is 1.22 bits per heavy atom. The summed E-state index contributed by atoms with van der Waals surface area (Å²) in [6, 6.07) is 4.15. The normalized spacial score (nSPS) is 17.3. The second kappa shape index (κ2) is 9.99. The minimum absolute atomic E-state index is 0.0189. The molecule has 1 N–H and O–H groups in total. The van der Waals surface area contributed by atoms with Gasteiger partial charge >= 0.3 is 0 Å². The summed E-state index contributed by atoms with van der Waals surface area (Å²) in [5.74, 6) is 2.22. The van der Waals surface area contributed by atoms with Crippen molar-refractivity contribution in [2.45, 2.75) is 52.7 Å². The number of nitrogens with zero attached hydrogens (tertiary/aromatic N) is 1. The quantitative estimate of drug-likeness (QED) is 0.628. The molecule has 0 amide bonds. The second-order valence-corrected chi connectivity index (χ2v) is 9.02. The molecule has 27 heavy (non-hydrogen) atoms. The van der Waals surface area contributed by atoms with E-state index in [1.54, 1.807) is 14.2 Å². The smallest absolute Gasteiger partial charge is 0.161 e. The van der Waals surface area contributed by atoms with Crippen molar-refractivity contribution in [1.29, 1.82) is 0 Å². The van der Waals surface area contributed by atoms with Gasteiger partial charge < -0.3 is 14.6 Å². The minimum atomic E-state index is -0.380. The third-order valence-corrected chi connectivity index (χ3v) is 6.00. The van der Waals surface area contributed by atoms with Gasteiger partial charge in [-0.25, -0.2) is 0 Å². The van der Waals surface area contributed by atoms with Crippen LogP contribution in [0.25, 0.3) is 0 Å². The fourth-order valence-electron chi connectivity index (χ4n) is 3.94. The van der Waals surface area contributed by atoms with Gasteiger partial charge in [0.25, 0.3) is 0 Å². The van der Waals surface area contributed by atoms with Crippen molar-refractivity contribution in [3.63, 3.8) is 0 Å². The average molecular weight is 400 g/mol. The van der Waals surface area contributed by atoms with Crippen molar-refractivity contribution >= 4 is 12.1 Å². The van der Waals surface area contributed by atoms with Crippen molar-refractivity contribution in [3.8, 4) is 11.5 Å². The van der Waals surface area contributed by atoms with Crippen LogP contribution in [0.1, 0.15) is 44.7 Å². The average Bonchev–Trinajstić information content (AvgIpc) is 2.64. The third-order valence-electron chi connectivity index (χ3n) is 5.64. The molecule has 2 atom stereocenters. The summed E-state index contributed by atoms with van der Waals surface area (Å²) in [4.78, 5) is 2.41. The molecule has 154 valence electrons. The molecule has 1 aliphatic heterocycles. The fraction of sp³-hybridized carbons (Fsp3) is 0.714. The standard InChI is InChI=1S/C21H34FNO3S/c1-15(24)18(12-21(2,3)7-9-27-22)14-23-8-6-16-10-19(25-4)20(26-5)11-17(16)13-23/h10-11,15,18,24H,6-9,12-14H2,1-5H3. The van der Waals surface area contributed by atoms with Gasteiger partial charge in [-0.2, -0.15) is 3.89 Å². The molecule has 0 saturated heterocycles. The van der Waals surface area contributed by atoms with E-state index in [0.29, 0.717) is 17.9 Å². The number of aliphatic hydroxyl groups excluding tert-OH is 1. The summed E-state index contributed by atoms with van der Waals surface area (Å²) in [6.07, 6.45) is 2.29. The van der Waals surface area contributed by atoms with E-state index in [9.17, 15) is 8.99 Å². The van der Waals surface area contributed by atoms with Crippen molar-refractivity contribution in [1.82, 2.24) is 4.90 Å². The van der Waals surface area contributed by atoms with Crippen molar-refractivity contribution in [2.24, 2.45) is 11.3 Å². The SMILES string of the molecule is COc1cc2c(cc1OC)CN(CC(CC(C)(C)CCSF)C(C)O)CC2. The summed E-state index contributed by atoms with van der Waals surface area (Å²) < 4.78 is 23.3. The van der Waals surface area contributed by atoms with Crippen LogP contribution in [0.4, 0.5) is 3.89 Å². The molecule has 0 aliphatic carbocycles. The van der Waals surface area contributed by atoms with Crippen LogP contribution in [0.15, 0.2) is 12.1 Å². The monoisotopic (exact) mass is 399 g/mol. The molecular formula is C21H34FNO3S. The zero-order chi connectivity index (χ0) is 20.0. The van der Waals surface area contributed by atoms with E-state index >= 15 is 0 Å². The number of ether oxygens (including phenoxy) is 2. The molecule has 2 rings (SSSR count). The van der Waals surface area contributed by atoms with Crippen molar-refractivity contribution < 1.29 is 18.5 Å². The van der Waals surface area contributed by atoms with E-state index in [4.69, 9.17) is 9.47 Å². The highest BCUT2D eigenvalue weighted by Crippen LogP contribution is 2.35. The van der Waals surface area contributed by atoms with Crippen molar-refractivity contribution in [3.05, 3.63) is 23.3 Å². The summed E-state index contributed by atoms with van der Waals surface area (Å²) in [6.45, 7) is 8.86. The third kappa shape index (κ3) is 6.26. The van der Waals surface area contributed by atoms with Crippen LogP contribution < -0.4 is 9.47 Å². The van der Waals surface area contributed by atoms with Crippen LogP contribution in [-0.2, 0) is 13.0 Å². The van der Waals surface area contributed by atoms with E-state index in [1.807, 2.05) is 6.92 Å². The Morgan fingerprint density at radius 2 is 1.85 bits per heavy atom. The number of methoxy groups -OCH3 is 2. The van der Waals surface area contributed by atoms with Gasteiger partial charge in [0.05, 0.1) is 20.3 Å². The molecule has 2 unspecified atom stereocenters. The first-order valence-corrected chi connectivity index (χ1v) is 10.6. The lowest BCUT2D eigenvalue weighted by molar-refractivity contribution is 0.0592. The van der Waals surface area contributed by atoms with E-state index in [2.05, 4.69) is 30.9 Å². The lowest BCUT2D eigenvalue weighted by Gasteiger charge is -2.36. The number of fused-ring (bicyclic) bond motifs is 1. The Kier molecular flexibility index (Phi) is 8.25. The van der Waals surface area contributed by atoms with Gasteiger partial charge in [0.15, 0.2) is 11.5 Å². The Hall–Kier alpha value is -0.980. The fourth-order valence-corrected chi connectivity index (χ4v) is 4.57. The minimum Gasteiger partial charge on any atom is -0.493 e. The van der Waals surface area contributed by atoms with Crippen LogP contribution in [0.5, 0.6) is 11.5 Å². The molecular weight excluding hydrogens is 365 g/mol. The predicted molar refractivity (Wildman–Crippen MR) is 110 cm³/mol. The Balaban J connectivity index is 2.06. The maximum absolute atomic E-state index is 12.5. The van der Waals surface area contributed by atoms with Gasteiger partial charge in [0.1, 0.15) is 0 Å². The van der Waals surface area contributed by atoms with E-state index in [-0.39, 0.29) is 17.4 Å². The largest absolute Gasteiger partial charge is 0.493 e. The molecule has 0 spiro atoms.